The van der Waals surface area contributed by atoms with Crippen LogP contribution in [-0.4, -0.2) is 22.5 Å². The van der Waals surface area contributed by atoms with Gasteiger partial charge in [-0.05, 0) is 58.8 Å². The van der Waals surface area contributed by atoms with E-state index in [-0.39, 0.29) is 33.9 Å². The van der Waals surface area contributed by atoms with E-state index < -0.39 is 0 Å². The van der Waals surface area contributed by atoms with Crippen molar-refractivity contribution in [2.45, 2.75) is 53.4 Å². The number of aliphatic hydroxyl groups excluding tert-OH is 1. The first-order valence-corrected chi connectivity index (χ1v) is 14.2. The van der Waals surface area contributed by atoms with E-state index in [1.807, 2.05) is 30.4 Å². The Morgan fingerprint density at radius 1 is 0.659 bits per heavy atom. The van der Waals surface area contributed by atoms with E-state index in [2.05, 4.69) is 39.8 Å². The predicted molar refractivity (Wildman–Crippen MR) is 162 cm³/mol. The van der Waals surface area contributed by atoms with Crippen LogP contribution in [0, 0.1) is 10.8 Å². The summed E-state index contributed by atoms with van der Waals surface area (Å²) >= 11 is 0. The summed E-state index contributed by atoms with van der Waals surface area (Å²) in [5, 5.41) is 10.9. The van der Waals surface area contributed by atoms with Crippen LogP contribution in [0.1, 0.15) is 90.0 Å². The zero-order valence-corrected chi connectivity index (χ0v) is 24.0. The molecule has 0 spiro atoms. The molecule has 4 heteroatoms. The fourth-order valence-electron chi connectivity index (χ4n) is 6.85. The summed E-state index contributed by atoms with van der Waals surface area (Å²) in [5.41, 5.74) is 6.50. The molecule has 2 aromatic rings. The highest BCUT2D eigenvalue weighted by molar-refractivity contribution is 6.40. The van der Waals surface area contributed by atoms with Gasteiger partial charge in [0.15, 0.2) is 17.3 Å². The molecule has 0 aromatic heterocycles. The molecule has 4 aliphatic carbocycles. The number of aliphatic hydroxyl groups is 1. The molecule has 6 rings (SSSR count). The number of ketones is 3. The zero-order chi connectivity index (χ0) is 29.1. The van der Waals surface area contributed by atoms with E-state index in [1.165, 1.54) is 0 Å². The molecule has 0 saturated carbocycles. The van der Waals surface area contributed by atoms with Gasteiger partial charge in [-0.25, -0.2) is 0 Å². The highest BCUT2D eigenvalue weighted by Crippen LogP contribution is 2.45. The third-order valence-corrected chi connectivity index (χ3v) is 8.45. The van der Waals surface area contributed by atoms with E-state index in [4.69, 9.17) is 0 Å². The van der Waals surface area contributed by atoms with Crippen LogP contribution in [0.5, 0.6) is 0 Å². The quantitative estimate of drug-likeness (QED) is 0.312. The van der Waals surface area contributed by atoms with Crippen molar-refractivity contribution in [2.75, 3.05) is 0 Å². The molecule has 0 amide bonds. The highest BCUT2D eigenvalue weighted by Gasteiger charge is 2.38. The van der Waals surface area contributed by atoms with Crippen LogP contribution < -0.4 is 0 Å². The minimum atomic E-state index is -0.178. The first-order valence-electron chi connectivity index (χ1n) is 14.2. The molecular weight excluding hydrogens is 508 g/mol. The van der Waals surface area contributed by atoms with Gasteiger partial charge in [0.25, 0.3) is 0 Å². The molecule has 2 aromatic carbocycles. The van der Waals surface area contributed by atoms with Gasteiger partial charge in [-0.3, -0.25) is 14.4 Å². The van der Waals surface area contributed by atoms with Gasteiger partial charge in [0.1, 0.15) is 5.76 Å². The average Bonchev–Trinajstić information content (AvgIpc) is 3.31. The van der Waals surface area contributed by atoms with Crippen molar-refractivity contribution >= 4 is 23.1 Å². The molecule has 206 valence electrons. The highest BCUT2D eigenvalue weighted by atomic mass is 16.3. The number of allylic oxidation sites excluding steroid dienone is 11. The van der Waals surface area contributed by atoms with Crippen molar-refractivity contribution in [1.82, 2.24) is 0 Å². The summed E-state index contributed by atoms with van der Waals surface area (Å²) in [6.07, 6.45) is 13.3. The van der Waals surface area contributed by atoms with Crippen molar-refractivity contribution in [3.8, 4) is 0 Å². The van der Waals surface area contributed by atoms with Crippen LogP contribution >= 0.6 is 0 Å². The van der Waals surface area contributed by atoms with Crippen molar-refractivity contribution in [1.29, 1.82) is 0 Å². The van der Waals surface area contributed by atoms with Gasteiger partial charge in [-0.2, -0.15) is 0 Å². The number of fused-ring (bicyclic) bond motifs is 2. The minimum absolute atomic E-state index is 0.0674. The topological polar surface area (TPSA) is 71.4 Å². The number of carbonyl (C=O) groups excluding carboxylic acids is 3. The lowest BCUT2D eigenvalue weighted by Gasteiger charge is -2.32. The van der Waals surface area contributed by atoms with E-state index in [1.54, 1.807) is 36.4 Å². The number of Topliss-reactive ketones (excluding diaryl/α,β-unsaturated/α-hetero) is 3. The lowest BCUT2D eigenvalue weighted by molar-refractivity contribution is 0.0983. The molecular formula is C37H34O4. The van der Waals surface area contributed by atoms with Crippen LogP contribution in [0.25, 0.3) is 5.76 Å². The van der Waals surface area contributed by atoms with E-state index >= 15 is 0 Å². The second kappa shape index (κ2) is 9.66. The third kappa shape index (κ3) is 4.82. The molecule has 41 heavy (non-hydrogen) atoms. The number of rotatable bonds is 3. The predicted octanol–water partition coefficient (Wildman–Crippen LogP) is 8.50. The number of benzene rings is 2. The molecule has 0 atom stereocenters. The Kier molecular flexibility index (Phi) is 6.33. The molecule has 0 saturated heterocycles. The van der Waals surface area contributed by atoms with Crippen LogP contribution in [0.15, 0.2) is 112 Å². The largest absolute Gasteiger partial charge is 0.507 e. The van der Waals surface area contributed by atoms with Crippen LogP contribution in [0.3, 0.4) is 0 Å². The molecule has 1 N–H and O–H groups in total. The third-order valence-electron chi connectivity index (χ3n) is 8.45. The Morgan fingerprint density at radius 3 is 1.80 bits per heavy atom. The Labute approximate surface area is 241 Å². The SMILES string of the molecule is CC1(C)CC(/C=C/C=C2/C=C(C3=C(O)c4ccccc4C3=O)CC(C)(C)C2)=CC(=C2C(=O)c3ccccc3C2=O)C1. The summed E-state index contributed by atoms with van der Waals surface area (Å²) in [7, 11) is 0. The van der Waals surface area contributed by atoms with E-state index in [0.29, 0.717) is 46.2 Å². The molecule has 0 bridgehead atoms. The Bertz CT molecular complexity index is 1690. The first-order chi connectivity index (χ1) is 19.4. The molecule has 0 unspecified atom stereocenters. The fourth-order valence-corrected chi connectivity index (χ4v) is 6.85. The summed E-state index contributed by atoms with van der Waals surface area (Å²) in [6, 6.07) is 14.3. The van der Waals surface area contributed by atoms with Gasteiger partial charge in [0.05, 0.1) is 11.1 Å². The molecule has 0 aliphatic heterocycles. The average molecular weight is 543 g/mol. The second-order valence-electron chi connectivity index (χ2n) is 13.2. The van der Waals surface area contributed by atoms with Crippen molar-refractivity contribution in [3.05, 3.63) is 135 Å². The van der Waals surface area contributed by atoms with Gasteiger partial charge in [0.2, 0.25) is 0 Å². The van der Waals surface area contributed by atoms with Crippen LogP contribution in [0.4, 0.5) is 0 Å². The second-order valence-corrected chi connectivity index (χ2v) is 13.2. The number of hydrogen-bond acceptors (Lipinski definition) is 4. The Hall–Kier alpha value is -4.31. The van der Waals surface area contributed by atoms with Crippen molar-refractivity contribution in [2.24, 2.45) is 10.8 Å². The molecule has 0 radical (unpaired) electrons. The Balaban J connectivity index is 1.32. The van der Waals surface area contributed by atoms with Gasteiger partial charge < -0.3 is 5.11 Å². The number of carbonyl (C=O) groups is 3. The summed E-state index contributed by atoms with van der Waals surface area (Å²) in [4.78, 5) is 39.6. The Morgan fingerprint density at radius 2 is 1.20 bits per heavy atom. The van der Waals surface area contributed by atoms with Gasteiger partial charge in [-0.1, -0.05) is 107 Å². The summed E-state index contributed by atoms with van der Waals surface area (Å²) in [6.45, 7) is 8.69. The molecule has 0 heterocycles. The van der Waals surface area contributed by atoms with E-state index in [0.717, 1.165) is 35.1 Å². The van der Waals surface area contributed by atoms with Crippen LogP contribution in [0.2, 0.25) is 0 Å². The fraction of sp³-hybridized carbons (Fsp3) is 0.270. The maximum Gasteiger partial charge on any atom is 0.197 e. The maximum absolute atomic E-state index is 13.2. The summed E-state index contributed by atoms with van der Waals surface area (Å²) in [5.74, 6) is -0.408. The molecule has 4 nitrogen and oxygen atoms in total. The smallest absolute Gasteiger partial charge is 0.197 e. The van der Waals surface area contributed by atoms with Crippen molar-refractivity contribution < 1.29 is 19.5 Å². The van der Waals surface area contributed by atoms with Gasteiger partial charge in [-0.15, -0.1) is 0 Å². The van der Waals surface area contributed by atoms with Gasteiger partial charge >= 0.3 is 0 Å². The van der Waals surface area contributed by atoms with Crippen molar-refractivity contribution in [3.63, 3.8) is 0 Å². The monoisotopic (exact) mass is 542 g/mol. The number of hydrogen-bond donors (Lipinski definition) is 1. The van der Waals surface area contributed by atoms with Gasteiger partial charge in [0, 0.05) is 22.3 Å². The minimum Gasteiger partial charge on any atom is -0.507 e. The summed E-state index contributed by atoms with van der Waals surface area (Å²) < 4.78 is 0. The zero-order valence-electron chi connectivity index (χ0n) is 24.0. The molecule has 4 aliphatic rings. The maximum atomic E-state index is 13.2. The molecule has 0 fully saturated rings. The first kappa shape index (κ1) is 26.9. The van der Waals surface area contributed by atoms with E-state index in [9.17, 15) is 19.5 Å². The van der Waals surface area contributed by atoms with Crippen LogP contribution in [-0.2, 0) is 0 Å². The lowest BCUT2D eigenvalue weighted by atomic mass is 9.73. The normalized spacial score (nSPS) is 22.4. The lowest BCUT2D eigenvalue weighted by Crippen LogP contribution is -2.20. The standard InChI is InChI=1S/C37H34O4/c1-36(2)18-22(16-24(20-36)30-32(38)26-12-5-6-13-27(26)33(30)39)10-9-11-23-17-25(21-37(3,4)19-23)31-34(40)28-14-7-8-15-29(28)35(31)41/h5-17,38H,18-21H2,1-4H3/b11-9+,22-10-.